The maximum atomic E-state index is 13.2. The SMILES string of the molecule is O=C(Nc1ccc(Sc2nc3ccccc3n3nnnc23)cc1)c1ccccc1C(F)(F)F. The van der Waals surface area contributed by atoms with Gasteiger partial charge in [-0.3, -0.25) is 4.79 Å². The van der Waals surface area contributed by atoms with Crippen LogP contribution in [0.4, 0.5) is 18.9 Å². The summed E-state index contributed by atoms with van der Waals surface area (Å²) >= 11 is 1.33. The fourth-order valence-electron chi connectivity index (χ4n) is 3.29. The lowest BCUT2D eigenvalue weighted by Crippen LogP contribution is -2.18. The van der Waals surface area contributed by atoms with Gasteiger partial charge in [-0.2, -0.15) is 17.7 Å². The van der Waals surface area contributed by atoms with Crippen LogP contribution in [0.25, 0.3) is 16.7 Å². The largest absolute Gasteiger partial charge is 0.417 e. The van der Waals surface area contributed by atoms with Crippen molar-refractivity contribution in [2.45, 2.75) is 16.1 Å². The van der Waals surface area contributed by atoms with Crippen molar-refractivity contribution in [3.63, 3.8) is 0 Å². The van der Waals surface area contributed by atoms with E-state index in [9.17, 15) is 18.0 Å². The first-order chi connectivity index (χ1) is 15.9. The van der Waals surface area contributed by atoms with Crippen LogP contribution in [0, 0.1) is 0 Å². The van der Waals surface area contributed by atoms with E-state index in [2.05, 4.69) is 25.8 Å². The maximum absolute atomic E-state index is 13.2. The van der Waals surface area contributed by atoms with E-state index in [0.29, 0.717) is 16.4 Å². The summed E-state index contributed by atoms with van der Waals surface area (Å²) in [5, 5.41) is 14.9. The summed E-state index contributed by atoms with van der Waals surface area (Å²) in [5.41, 5.74) is 0.946. The summed E-state index contributed by atoms with van der Waals surface area (Å²) in [6.45, 7) is 0. The topological polar surface area (TPSA) is 85.1 Å². The number of anilines is 1. The van der Waals surface area contributed by atoms with Crippen LogP contribution in [0.3, 0.4) is 0 Å². The van der Waals surface area contributed by atoms with Gasteiger partial charge in [0.2, 0.25) is 5.65 Å². The van der Waals surface area contributed by atoms with Gasteiger partial charge in [0.25, 0.3) is 5.91 Å². The number of para-hydroxylation sites is 2. The Kier molecular flexibility index (Phi) is 5.17. The van der Waals surface area contributed by atoms with Crippen LogP contribution in [0.2, 0.25) is 0 Å². The molecule has 1 amide bonds. The average molecular weight is 466 g/mol. The molecule has 0 saturated heterocycles. The number of tetrazole rings is 1. The number of hydrogen-bond acceptors (Lipinski definition) is 6. The van der Waals surface area contributed by atoms with Gasteiger partial charge in [-0.15, -0.1) is 5.10 Å². The molecule has 0 unspecified atom stereocenters. The van der Waals surface area contributed by atoms with Gasteiger partial charge in [0.1, 0.15) is 5.03 Å². The molecule has 5 aromatic rings. The minimum Gasteiger partial charge on any atom is -0.322 e. The third kappa shape index (κ3) is 4.10. The fraction of sp³-hybridized carbons (Fsp3) is 0.0455. The van der Waals surface area contributed by atoms with Crippen LogP contribution in [-0.2, 0) is 6.18 Å². The molecule has 0 aliphatic carbocycles. The van der Waals surface area contributed by atoms with Crippen LogP contribution >= 0.6 is 11.8 Å². The third-order valence-corrected chi connectivity index (χ3v) is 5.77. The van der Waals surface area contributed by atoms with Crippen molar-refractivity contribution in [1.82, 2.24) is 25.0 Å². The minimum atomic E-state index is -4.62. The Labute approximate surface area is 188 Å². The maximum Gasteiger partial charge on any atom is 0.417 e. The molecule has 33 heavy (non-hydrogen) atoms. The zero-order valence-electron chi connectivity index (χ0n) is 16.6. The third-order valence-electron chi connectivity index (χ3n) is 4.80. The minimum absolute atomic E-state index is 0.363. The molecular weight excluding hydrogens is 453 g/mol. The highest BCUT2D eigenvalue weighted by Crippen LogP contribution is 2.33. The highest BCUT2D eigenvalue weighted by molar-refractivity contribution is 7.99. The molecule has 0 aliphatic heterocycles. The zero-order chi connectivity index (χ0) is 23.0. The number of benzene rings is 3. The molecule has 1 N–H and O–H groups in total. The second-order valence-corrected chi connectivity index (χ2v) is 8.01. The summed E-state index contributed by atoms with van der Waals surface area (Å²) in [7, 11) is 0. The predicted octanol–water partition coefficient (Wildman–Crippen LogP) is 5.09. The monoisotopic (exact) mass is 466 g/mol. The van der Waals surface area contributed by atoms with Crippen LogP contribution < -0.4 is 5.32 Å². The fourth-order valence-corrected chi connectivity index (χ4v) is 4.15. The summed E-state index contributed by atoms with van der Waals surface area (Å²) in [6.07, 6.45) is -4.62. The summed E-state index contributed by atoms with van der Waals surface area (Å²) in [6, 6.07) is 18.8. The van der Waals surface area contributed by atoms with E-state index in [1.54, 1.807) is 28.8 Å². The highest BCUT2D eigenvalue weighted by atomic mass is 32.2. The van der Waals surface area contributed by atoms with Crippen LogP contribution in [-0.4, -0.2) is 30.9 Å². The Morgan fingerprint density at radius 3 is 2.45 bits per heavy atom. The summed E-state index contributed by atoms with van der Waals surface area (Å²) in [4.78, 5) is 17.9. The lowest BCUT2D eigenvalue weighted by molar-refractivity contribution is -0.137. The molecule has 0 spiro atoms. The molecule has 2 heterocycles. The Morgan fingerprint density at radius 1 is 0.939 bits per heavy atom. The van der Waals surface area contributed by atoms with Crippen molar-refractivity contribution in [2.75, 3.05) is 5.32 Å². The Balaban J connectivity index is 1.38. The predicted molar refractivity (Wildman–Crippen MR) is 116 cm³/mol. The van der Waals surface area contributed by atoms with E-state index in [1.165, 1.54) is 23.9 Å². The number of nitrogens with zero attached hydrogens (tertiary/aromatic N) is 5. The quantitative estimate of drug-likeness (QED) is 0.397. The number of carbonyl (C=O) groups is 1. The van der Waals surface area contributed by atoms with Crippen LogP contribution in [0.15, 0.2) is 82.7 Å². The van der Waals surface area contributed by atoms with Gasteiger partial charge >= 0.3 is 6.18 Å². The van der Waals surface area contributed by atoms with E-state index in [-0.39, 0.29) is 0 Å². The van der Waals surface area contributed by atoms with E-state index < -0.39 is 23.2 Å². The summed E-state index contributed by atoms with van der Waals surface area (Å²) < 4.78 is 41.2. The van der Waals surface area contributed by atoms with Crippen LogP contribution in [0.1, 0.15) is 15.9 Å². The van der Waals surface area contributed by atoms with Crippen molar-refractivity contribution >= 4 is 40.0 Å². The number of amides is 1. The Bertz CT molecular complexity index is 1480. The number of carbonyl (C=O) groups excluding carboxylic acids is 1. The number of aromatic nitrogens is 5. The first-order valence-corrected chi connectivity index (χ1v) is 10.4. The Hall–Kier alpha value is -3.99. The molecule has 0 atom stereocenters. The molecule has 0 fully saturated rings. The molecule has 11 heteroatoms. The van der Waals surface area contributed by atoms with Gasteiger partial charge in [0.15, 0.2) is 0 Å². The van der Waals surface area contributed by atoms with Crippen molar-refractivity contribution in [3.8, 4) is 0 Å². The van der Waals surface area contributed by atoms with Gasteiger partial charge in [-0.25, -0.2) is 4.98 Å². The molecule has 3 aromatic carbocycles. The highest BCUT2D eigenvalue weighted by Gasteiger charge is 2.34. The standard InChI is InChI=1S/C22H13F3N6OS/c23-22(24,25)16-6-2-1-5-15(16)20(32)26-13-9-11-14(12-10-13)33-21-19-28-29-30-31(19)18-8-4-3-7-17(18)27-21/h1-12H,(H,26,32). The zero-order valence-corrected chi connectivity index (χ0v) is 17.4. The first kappa shape index (κ1) is 20.9. The lowest BCUT2D eigenvalue weighted by Gasteiger charge is -2.13. The molecule has 2 aromatic heterocycles. The van der Waals surface area contributed by atoms with Crippen molar-refractivity contribution in [1.29, 1.82) is 0 Å². The average Bonchev–Trinajstić information content (AvgIpc) is 3.31. The molecule has 0 radical (unpaired) electrons. The van der Waals surface area contributed by atoms with Crippen molar-refractivity contribution in [3.05, 3.63) is 83.9 Å². The van der Waals surface area contributed by atoms with Gasteiger partial charge in [0.05, 0.1) is 22.2 Å². The second kappa shape index (κ2) is 8.17. The van der Waals surface area contributed by atoms with E-state index in [4.69, 9.17) is 0 Å². The van der Waals surface area contributed by atoms with Crippen LogP contribution in [0.5, 0.6) is 0 Å². The molecule has 164 valence electrons. The molecule has 5 rings (SSSR count). The number of alkyl halides is 3. The molecule has 0 saturated carbocycles. The number of rotatable bonds is 4. The van der Waals surface area contributed by atoms with Gasteiger partial charge < -0.3 is 5.32 Å². The number of fused-ring (bicyclic) bond motifs is 3. The smallest absolute Gasteiger partial charge is 0.322 e. The molecule has 0 aliphatic rings. The Morgan fingerprint density at radius 2 is 1.67 bits per heavy atom. The molecule has 7 nitrogen and oxygen atoms in total. The van der Waals surface area contributed by atoms with Gasteiger partial charge in [-0.05, 0) is 59.0 Å². The van der Waals surface area contributed by atoms with Crippen molar-refractivity contribution in [2.24, 2.45) is 0 Å². The van der Waals surface area contributed by atoms with Gasteiger partial charge in [-0.1, -0.05) is 36.0 Å². The van der Waals surface area contributed by atoms with E-state index >= 15 is 0 Å². The molecule has 0 bridgehead atoms. The van der Waals surface area contributed by atoms with Crippen molar-refractivity contribution < 1.29 is 18.0 Å². The second-order valence-electron chi connectivity index (χ2n) is 6.94. The normalized spacial score (nSPS) is 11.7. The van der Waals surface area contributed by atoms with E-state index in [1.807, 2.05) is 24.3 Å². The number of nitrogens with one attached hydrogen (secondary N) is 1. The lowest BCUT2D eigenvalue weighted by atomic mass is 10.1. The molecular formula is C22H13F3N6OS. The van der Waals surface area contributed by atoms with Gasteiger partial charge in [0, 0.05) is 10.6 Å². The first-order valence-electron chi connectivity index (χ1n) is 9.62. The number of hydrogen-bond donors (Lipinski definition) is 1. The van der Waals surface area contributed by atoms with E-state index in [0.717, 1.165) is 28.1 Å². The summed E-state index contributed by atoms with van der Waals surface area (Å²) in [5.74, 6) is -0.837. The number of halogens is 3.